The summed E-state index contributed by atoms with van der Waals surface area (Å²) in [7, 11) is -2.63. The van der Waals surface area contributed by atoms with Crippen molar-refractivity contribution in [3.8, 4) is 0 Å². The lowest BCUT2D eigenvalue weighted by molar-refractivity contribution is -0.929. The minimum atomic E-state index is -4.80. The molecule has 0 spiro atoms. The molecule has 0 bridgehead atoms. The summed E-state index contributed by atoms with van der Waals surface area (Å²) in [6.07, 6.45) is 11.1. The number of ether oxygens (including phenoxy) is 2. The first kappa shape index (κ1) is 33.0. The maximum absolute atomic E-state index is 11.3. The molecule has 202 valence electrons. The highest BCUT2D eigenvalue weighted by molar-refractivity contribution is 7.85. The fraction of sp³-hybridized carbons (Fsp3) is 0.692. The molecule has 0 fully saturated rings. The third kappa shape index (κ3) is 12.5. The highest BCUT2D eigenvalue weighted by Gasteiger charge is 2.24. The fourth-order valence-electron chi connectivity index (χ4n) is 3.86. The SMILES string of the molecule is CCCC[N+](CCCC)(CCCC)CCCC.COC(=O)c1cc(C(=O)OC)cc(S(=O)(=O)[O-])c1. The standard InChI is InChI=1S/C16H36N.C10H10O7S/c1-5-9-13-17(14-10-6-2,15-11-7-3)16-12-8-4;1-16-9(11)6-3-7(10(12)17-2)5-8(4-6)18(13,14)15/h5-16H2,1-4H3;3-5H,1-2H3,(H,13,14,15)/q+1;/p-1. The second-order valence-electron chi connectivity index (χ2n) is 8.83. The van der Waals surface area contributed by atoms with Crippen molar-refractivity contribution in [2.24, 2.45) is 0 Å². The van der Waals surface area contributed by atoms with Gasteiger partial charge in [-0.1, -0.05) is 53.4 Å². The predicted octanol–water partition coefficient (Wildman–Crippen LogP) is 5.17. The van der Waals surface area contributed by atoms with E-state index in [1.54, 1.807) is 0 Å². The maximum atomic E-state index is 11.3. The Bertz CT molecular complexity index is 797. The fourth-order valence-corrected chi connectivity index (χ4v) is 4.40. The van der Waals surface area contributed by atoms with Crippen molar-refractivity contribution >= 4 is 22.1 Å². The number of quaternary nitrogens is 1. The van der Waals surface area contributed by atoms with Gasteiger partial charge in [0.05, 0.1) is 56.4 Å². The molecular weight excluding hydrogens is 470 g/mol. The molecule has 0 aromatic heterocycles. The number of methoxy groups -OCH3 is 2. The molecule has 0 aliphatic heterocycles. The molecule has 0 N–H and O–H groups in total. The number of rotatable bonds is 15. The second-order valence-corrected chi connectivity index (χ2v) is 10.2. The molecule has 0 saturated heterocycles. The van der Waals surface area contributed by atoms with E-state index in [-0.39, 0.29) is 11.1 Å². The summed E-state index contributed by atoms with van der Waals surface area (Å²) in [5.41, 5.74) is -0.454. The Balaban J connectivity index is 0.000000662. The lowest BCUT2D eigenvalue weighted by Crippen LogP contribution is -2.50. The van der Waals surface area contributed by atoms with Crippen LogP contribution in [0, 0.1) is 0 Å². The van der Waals surface area contributed by atoms with Crippen molar-refractivity contribution in [3.63, 3.8) is 0 Å². The van der Waals surface area contributed by atoms with Gasteiger partial charge in [0.2, 0.25) is 0 Å². The minimum Gasteiger partial charge on any atom is -0.744 e. The molecule has 0 radical (unpaired) electrons. The number of esters is 2. The van der Waals surface area contributed by atoms with E-state index in [0.717, 1.165) is 32.4 Å². The van der Waals surface area contributed by atoms with Gasteiger partial charge in [-0.15, -0.1) is 0 Å². The van der Waals surface area contributed by atoms with Gasteiger partial charge in [-0.05, 0) is 43.9 Å². The summed E-state index contributed by atoms with van der Waals surface area (Å²) in [6, 6.07) is 2.74. The van der Waals surface area contributed by atoms with Crippen molar-refractivity contribution in [2.45, 2.75) is 84.0 Å². The summed E-state index contributed by atoms with van der Waals surface area (Å²) in [6.45, 7) is 15.0. The molecule has 9 heteroatoms. The summed E-state index contributed by atoms with van der Waals surface area (Å²) in [5.74, 6) is -1.74. The number of benzene rings is 1. The van der Waals surface area contributed by atoms with Crippen LogP contribution in [-0.2, 0) is 19.6 Å². The number of hydrogen-bond donors (Lipinski definition) is 0. The summed E-state index contributed by atoms with van der Waals surface area (Å²) in [5, 5.41) is 0. The first-order valence-corrected chi connectivity index (χ1v) is 14.1. The van der Waals surface area contributed by atoms with Gasteiger partial charge in [-0.2, -0.15) is 0 Å². The van der Waals surface area contributed by atoms with Crippen LogP contribution in [0.5, 0.6) is 0 Å². The van der Waals surface area contributed by atoms with Crippen LogP contribution in [0.25, 0.3) is 0 Å². The Morgan fingerprint density at radius 2 is 1.03 bits per heavy atom. The van der Waals surface area contributed by atoms with Crippen LogP contribution in [-0.4, -0.2) is 69.8 Å². The largest absolute Gasteiger partial charge is 0.744 e. The van der Waals surface area contributed by atoms with E-state index in [1.165, 1.54) is 82.0 Å². The molecule has 1 aromatic carbocycles. The number of hydrogen-bond acceptors (Lipinski definition) is 7. The lowest BCUT2D eigenvalue weighted by atomic mass is 10.1. The highest BCUT2D eigenvalue weighted by Crippen LogP contribution is 2.17. The summed E-state index contributed by atoms with van der Waals surface area (Å²) < 4.78 is 42.9. The Kier molecular flexibility index (Phi) is 16.5. The van der Waals surface area contributed by atoms with E-state index < -0.39 is 27.0 Å². The molecule has 0 aliphatic rings. The first-order valence-electron chi connectivity index (χ1n) is 12.7. The van der Waals surface area contributed by atoms with Gasteiger partial charge in [0.15, 0.2) is 0 Å². The zero-order valence-electron chi connectivity index (χ0n) is 22.4. The van der Waals surface area contributed by atoms with Gasteiger partial charge >= 0.3 is 11.9 Å². The molecule has 0 aliphatic carbocycles. The molecule has 8 nitrogen and oxygen atoms in total. The number of carbonyl (C=O) groups excluding carboxylic acids is 2. The van der Waals surface area contributed by atoms with E-state index in [9.17, 15) is 22.6 Å². The average molecular weight is 516 g/mol. The van der Waals surface area contributed by atoms with Crippen LogP contribution >= 0.6 is 0 Å². The average Bonchev–Trinajstić information content (AvgIpc) is 2.86. The Morgan fingerprint density at radius 1 is 0.714 bits per heavy atom. The van der Waals surface area contributed by atoms with Gasteiger partial charge in [-0.25, -0.2) is 18.0 Å². The highest BCUT2D eigenvalue weighted by atomic mass is 32.2. The zero-order chi connectivity index (χ0) is 26.9. The van der Waals surface area contributed by atoms with Crippen LogP contribution in [0.4, 0.5) is 0 Å². The second kappa shape index (κ2) is 17.5. The van der Waals surface area contributed by atoms with E-state index >= 15 is 0 Å². The molecule has 0 amide bonds. The van der Waals surface area contributed by atoms with Gasteiger partial charge in [-0.3, -0.25) is 0 Å². The molecule has 1 aromatic rings. The molecule has 35 heavy (non-hydrogen) atoms. The molecular formula is C26H45NO7S. The minimum absolute atomic E-state index is 0.227. The summed E-state index contributed by atoms with van der Waals surface area (Å²) in [4.78, 5) is 21.9. The molecule has 0 heterocycles. The topological polar surface area (TPSA) is 110 Å². The van der Waals surface area contributed by atoms with Gasteiger partial charge in [0.1, 0.15) is 10.1 Å². The van der Waals surface area contributed by atoms with E-state index in [2.05, 4.69) is 37.2 Å². The Hall–Kier alpha value is -1.97. The third-order valence-corrected chi connectivity index (χ3v) is 6.79. The van der Waals surface area contributed by atoms with Crippen LogP contribution in [0.3, 0.4) is 0 Å². The quantitative estimate of drug-likeness (QED) is 0.180. The summed E-state index contributed by atoms with van der Waals surface area (Å²) >= 11 is 0. The zero-order valence-corrected chi connectivity index (χ0v) is 23.2. The van der Waals surface area contributed by atoms with E-state index in [1.807, 2.05) is 0 Å². The lowest BCUT2D eigenvalue weighted by Gasteiger charge is -2.39. The van der Waals surface area contributed by atoms with E-state index in [0.29, 0.717) is 0 Å². The van der Waals surface area contributed by atoms with Crippen LogP contribution in [0.15, 0.2) is 23.1 Å². The van der Waals surface area contributed by atoms with Crippen molar-refractivity contribution < 1.29 is 36.5 Å². The van der Waals surface area contributed by atoms with Gasteiger partial charge in [0.25, 0.3) is 0 Å². The van der Waals surface area contributed by atoms with Crippen LogP contribution in [0.1, 0.15) is 99.8 Å². The normalized spacial score (nSPS) is 11.4. The van der Waals surface area contributed by atoms with Crippen molar-refractivity contribution in [3.05, 3.63) is 29.3 Å². The number of carbonyl (C=O) groups is 2. The molecule has 0 unspecified atom stereocenters. The smallest absolute Gasteiger partial charge is 0.337 e. The molecule has 0 atom stereocenters. The Labute approximate surface area is 212 Å². The van der Waals surface area contributed by atoms with Crippen molar-refractivity contribution in [2.75, 3.05) is 40.4 Å². The molecule has 0 saturated carbocycles. The van der Waals surface area contributed by atoms with Gasteiger partial charge < -0.3 is 18.5 Å². The van der Waals surface area contributed by atoms with Crippen molar-refractivity contribution in [1.29, 1.82) is 0 Å². The number of nitrogens with zero attached hydrogens (tertiary/aromatic N) is 1. The van der Waals surface area contributed by atoms with Crippen LogP contribution < -0.4 is 0 Å². The Morgan fingerprint density at radius 3 is 1.26 bits per heavy atom. The maximum Gasteiger partial charge on any atom is 0.337 e. The van der Waals surface area contributed by atoms with Crippen molar-refractivity contribution in [1.82, 2.24) is 0 Å². The van der Waals surface area contributed by atoms with E-state index in [4.69, 9.17) is 0 Å². The predicted molar refractivity (Wildman–Crippen MR) is 136 cm³/mol. The molecule has 1 rings (SSSR count). The monoisotopic (exact) mass is 515 g/mol. The number of unbranched alkanes of at least 4 members (excludes halogenated alkanes) is 4. The van der Waals surface area contributed by atoms with Crippen LogP contribution in [0.2, 0.25) is 0 Å². The third-order valence-electron chi connectivity index (χ3n) is 5.98. The van der Waals surface area contributed by atoms with Gasteiger partial charge in [0, 0.05) is 0 Å². The first-order chi connectivity index (χ1) is 16.5.